The zero-order valence-corrected chi connectivity index (χ0v) is 35.7. The summed E-state index contributed by atoms with van der Waals surface area (Å²) in [6.07, 6.45) is 2.40. The molecule has 0 fully saturated rings. The molecule has 0 aromatic heterocycles. The summed E-state index contributed by atoms with van der Waals surface area (Å²) in [6, 6.07) is 0. The fraction of sp³-hybridized carbons (Fsp3) is 0.0635. The van der Waals surface area contributed by atoms with Gasteiger partial charge in [-0.15, -0.1) is 10.8 Å². The van der Waals surface area contributed by atoms with Gasteiger partial charge in [-0.25, -0.2) is 0 Å². The van der Waals surface area contributed by atoms with E-state index in [0.717, 1.165) is 0 Å². The van der Waals surface area contributed by atoms with Crippen LogP contribution in [0.25, 0.3) is 302 Å². The summed E-state index contributed by atoms with van der Waals surface area (Å²) in [5.41, 5.74) is 5.23. The van der Waals surface area contributed by atoms with Crippen molar-refractivity contribution in [3.05, 3.63) is 16.7 Å². The summed E-state index contributed by atoms with van der Waals surface area (Å²) in [5, 5.41) is 94.4. The van der Waals surface area contributed by atoms with E-state index >= 15 is 0 Å². The second kappa shape index (κ2) is 5.73. The van der Waals surface area contributed by atoms with Crippen LogP contribution in [0.5, 0.6) is 0 Å². The fourth-order valence-corrected chi connectivity index (χ4v) is 23.8. The first-order chi connectivity index (χ1) is 31.4. The molecule has 0 nitrogen and oxygen atoms in total. The van der Waals surface area contributed by atoms with Crippen molar-refractivity contribution in [2.24, 2.45) is 0 Å². The largest absolute Gasteiger partial charge is 2.00 e. The third kappa shape index (κ3) is 1.33. The molecule has 29 aromatic carbocycles. The molecule has 32 rings (SSSR count). The molecular weight excluding hydrogens is 816 g/mol. The molecule has 0 radical (unpaired) electrons. The molecule has 3 aliphatic rings. The van der Waals surface area contributed by atoms with E-state index in [2.05, 4.69) is 6.92 Å². The van der Waals surface area contributed by atoms with Gasteiger partial charge in [0, 0.05) is 5.41 Å². The smallest absolute Gasteiger partial charge is 1.00 e. The van der Waals surface area contributed by atoms with Crippen LogP contribution < -0.4 is 12.4 Å². The molecule has 0 saturated carbocycles. The van der Waals surface area contributed by atoms with Crippen LogP contribution in [0.15, 0.2) is 0 Å². The van der Waals surface area contributed by atoms with Crippen LogP contribution in [0.1, 0.15) is 36.5 Å². The zero-order valence-electron chi connectivity index (χ0n) is 33.5. The van der Waals surface area contributed by atoms with Crippen molar-refractivity contribution in [1.82, 2.24) is 0 Å². The van der Waals surface area contributed by atoms with Gasteiger partial charge in [-0.3, -0.25) is 0 Å². The van der Waals surface area contributed by atoms with Crippen LogP contribution in [0, 0.1) is 0 Å². The van der Waals surface area contributed by atoms with Crippen molar-refractivity contribution < 1.29 is 12.4 Å². The number of hydrogen-bond donors (Lipinski definition) is 0. The first-order valence-corrected chi connectivity index (χ1v) is 24.1. The predicted octanol–water partition coefficient (Wildman–Crippen LogP) is 14.8. The van der Waals surface area contributed by atoms with E-state index in [4.69, 9.17) is 0 Å². The van der Waals surface area contributed by atoms with Gasteiger partial charge >= 0.3 is 23.1 Å². The molecule has 0 heterocycles. The zero-order chi connectivity index (χ0) is 37.0. The van der Waals surface area contributed by atoms with Crippen LogP contribution in [-0.4, -0.2) is 23.1 Å². The minimum Gasteiger partial charge on any atom is -1.00 e. The number of rotatable bonds is 2. The van der Waals surface area contributed by atoms with Gasteiger partial charge in [0.25, 0.3) is 0 Å². The van der Waals surface area contributed by atoms with E-state index in [0.29, 0.717) is 0 Å². The van der Waals surface area contributed by atoms with Gasteiger partial charge < -0.3 is 12.4 Å². The van der Waals surface area contributed by atoms with Gasteiger partial charge in [0.1, 0.15) is 0 Å². The summed E-state index contributed by atoms with van der Waals surface area (Å²) in [6.45, 7) is 2.53. The Hall–Kier alpha value is -6.61. The molecule has 0 atom stereocenters. The van der Waals surface area contributed by atoms with Crippen LogP contribution in [-0.2, 0) is 5.41 Å². The maximum Gasteiger partial charge on any atom is 2.00 e. The molecule has 0 saturated heterocycles. The minimum atomic E-state index is -0.125. The van der Waals surface area contributed by atoms with E-state index in [-0.39, 0.29) is 40.9 Å². The van der Waals surface area contributed by atoms with Crippen molar-refractivity contribution >= 4 is 325 Å². The summed E-state index contributed by atoms with van der Waals surface area (Å²) in [5.74, 6) is 0. The number of benzene rings is 18. The number of halogens is 1. The Morgan fingerprint density at radius 1 is 0.231 bits per heavy atom. The average molecular weight is 824 g/mol. The van der Waals surface area contributed by atoms with Gasteiger partial charge in [-0.05, 0) is 287 Å². The first kappa shape index (κ1) is 25.8. The van der Waals surface area contributed by atoms with Gasteiger partial charge in [-0.1, -0.05) is 40.5 Å². The summed E-state index contributed by atoms with van der Waals surface area (Å²) < 4.78 is 0. The molecule has 65 heavy (non-hydrogen) atoms. The summed E-state index contributed by atoms with van der Waals surface area (Å²) in [7, 11) is 0. The second-order valence-corrected chi connectivity index (χ2v) is 23.8. The fourth-order valence-electron chi connectivity index (χ4n) is 23.8. The van der Waals surface area contributed by atoms with Crippen LogP contribution in [0.4, 0.5) is 0 Å². The molecule has 29 aromatic rings. The van der Waals surface area contributed by atoms with Gasteiger partial charge in [-0.2, -0.15) is 0 Å². The normalized spacial score (nSPS) is 18.2. The summed E-state index contributed by atoms with van der Waals surface area (Å²) >= 11 is 0. The average Bonchev–Trinajstić information content (AvgIpc) is 4.13. The van der Waals surface area contributed by atoms with Crippen molar-refractivity contribution in [2.45, 2.75) is 25.2 Å². The first-order valence-electron chi connectivity index (χ1n) is 24.1. The topological polar surface area (TPSA) is 0 Å². The van der Waals surface area contributed by atoms with E-state index in [1.807, 2.05) is 0 Å². The Balaban J connectivity index is 0.00000144. The van der Waals surface area contributed by atoms with Gasteiger partial charge in [0.15, 0.2) is 0 Å². The van der Waals surface area contributed by atoms with E-state index in [1.165, 1.54) is 12.8 Å². The van der Waals surface area contributed by atoms with Crippen LogP contribution in [0.3, 0.4) is 0 Å². The van der Waals surface area contributed by atoms with E-state index in [9.17, 15) is 0 Å². The quantitative estimate of drug-likeness (QED) is 0.0926. The minimum absolute atomic E-state index is 0. The standard InChI is InChI=1S/C63H7.ClH.Mg/c1-2-3-63-60-56-50-36-28-20-8-5-4-6-9(8)21-23-19-13(6)15-11-7(4)10-14-12(5)18-22(20)34(36)42-40-26(18)24(14)32-30-16(10)17(11)31-33-25(15)27(19)41-43-35(23)37(29(21)28)51(50)57(60)53(43)55-47(41)45(33)49-39(31)38(30)48-44(32)46(40)54(52(42)56)61(63)58(48)59(49)62(55)63;;/h2-3H2,1H3;1H;/q-1;;+2/p-1. The Morgan fingerprint density at radius 2 is 0.369 bits per heavy atom. The molecule has 0 aliphatic heterocycles. The molecule has 3 aliphatic carbocycles. The Bertz CT molecular complexity index is 6460. The molecule has 0 N–H and O–H groups in total. The molecular formula is C63H7ClMg. The third-order valence-electron chi connectivity index (χ3n) is 23.7. The molecule has 0 amide bonds. The maximum atomic E-state index is 2.53. The van der Waals surface area contributed by atoms with Crippen LogP contribution >= 0.6 is 0 Å². The molecule has 0 bridgehead atoms. The van der Waals surface area contributed by atoms with Crippen LogP contribution in [0.2, 0.25) is 0 Å². The van der Waals surface area contributed by atoms with Crippen molar-refractivity contribution in [1.29, 1.82) is 0 Å². The van der Waals surface area contributed by atoms with E-state index in [1.54, 1.807) is 318 Å². The molecule has 268 valence electrons. The SMILES string of the molecule is CCCC12c3c4c5c1c1c6c7c5c5c8c4c4c9c3c3c%10c9c9c%11c4c8c4c8c5c7c5c7c6c6c%12c%13c7c7c5c8c5c4c%11c4c9c8c9c%11c4c5c7c%11c%13c4c9c(c8%10)c5c(c4%12)c(c16)[c-]2c35.[Cl-].[Mg+2]. The third-order valence-corrected chi connectivity index (χ3v) is 23.7. The second-order valence-electron chi connectivity index (χ2n) is 23.8. The molecule has 0 unspecified atom stereocenters. The Labute approximate surface area is 376 Å². The maximum absolute atomic E-state index is 2.53. The Kier molecular flexibility index (Phi) is 2.27. The Morgan fingerprint density at radius 3 is 0.554 bits per heavy atom. The molecule has 0 spiro atoms. The molecule has 2 heteroatoms. The van der Waals surface area contributed by atoms with Gasteiger partial charge in [0.2, 0.25) is 0 Å². The number of hydrogen-bond acceptors (Lipinski definition) is 0. The summed E-state index contributed by atoms with van der Waals surface area (Å²) in [4.78, 5) is 0. The predicted molar refractivity (Wildman–Crippen MR) is 277 cm³/mol. The van der Waals surface area contributed by atoms with Crippen molar-refractivity contribution in [3.63, 3.8) is 0 Å². The van der Waals surface area contributed by atoms with Crippen molar-refractivity contribution in [3.8, 4) is 0 Å². The van der Waals surface area contributed by atoms with Crippen molar-refractivity contribution in [2.75, 3.05) is 0 Å². The van der Waals surface area contributed by atoms with Gasteiger partial charge in [0.05, 0.1) is 0 Å². The van der Waals surface area contributed by atoms with E-state index < -0.39 is 0 Å². The monoisotopic (exact) mass is 822 g/mol.